The molecule has 0 unspecified atom stereocenters. The van der Waals surface area contributed by atoms with E-state index in [1.54, 1.807) is 12.3 Å². The summed E-state index contributed by atoms with van der Waals surface area (Å²) < 4.78 is 0. The molecule has 2 aromatic rings. The second kappa shape index (κ2) is 5.08. The van der Waals surface area contributed by atoms with Crippen LogP contribution in [-0.4, -0.2) is 9.97 Å². The molecular weight excluding hydrogens is 212 g/mol. The highest BCUT2D eigenvalue weighted by molar-refractivity contribution is 5.56. The Balaban J connectivity index is 2.16. The number of hydrogen-bond donors (Lipinski definition) is 1. The molecule has 1 aromatic carbocycles. The lowest BCUT2D eigenvalue weighted by atomic mass is 10.1. The van der Waals surface area contributed by atoms with Crippen LogP contribution in [0.3, 0.4) is 0 Å². The highest BCUT2D eigenvalue weighted by Gasteiger charge is 1.98. The third-order valence-corrected chi connectivity index (χ3v) is 2.39. The molecule has 0 saturated heterocycles. The fourth-order valence-electron chi connectivity index (χ4n) is 1.45. The zero-order chi connectivity index (χ0) is 12.1. The first-order valence-corrected chi connectivity index (χ1v) is 5.41. The predicted octanol–water partition coefficient (Wildman–Crippen LogP) is 2.65. The molecule has 4 nitrogen and oxygen atoms in total. The summed E-state index contributed by atoms with van der Waals surface area (Å²) in [6.45, 7) is 2.12. The van der Waals surface area contributed by atoms with Crippen LogP contribution in [0.25, 0.3) is 0 Å². The van der Waals surface area contributed by atoms with Crippen LogP contribution in [0.5, 0.6) is 0 Å². The third-order valence-electron chi connectivity index (χ3n) is 2.39. The second-order valence-electron chi connectivity index (χ2n) is 3.55. The molecule has 0 atom stereocenters. The Hall–Kier alpha value is -2.41. The molecule has 1 N–H and O–H groups in total. The Kier molecular flexibility index (Phi) is 3.31. The number of benzene rings is 1. The summed E-state index contributed by atoms with van der Waals surface area (Å²) >= 11 is 0. The van der Waals surface area contributed by atoms with Gasteiger partial charge in [0.1, 0.15) is 11.9 Å². The summed E-state index contributed by atoms with van der Waals surface area (Å²) in [7, 11) is 0. The second-order valence-corrected chi connectivity index (χ2v) is 3.55. The van der Waals surface area contributed by atoms with Crippen LogP contribution in [-0.2, 0) is 6.42 Å². The van der Waals surface area contributed by atoms with Crippen LogP contribution in [0.2, 0.25) is 0 Å². The molecule has 4 heteroatoms. The summed E-state index contributed by atoms with van der Waals surface area (Å²) in [4.78, 5) is 7.86. The Morgan fingerprint density at radius 3 is 2.65 bits per heavy atom. The van der Waals surface area contributed by atoms with Crippen molar-refractivity contribution in [2.45, 2.75) is 13.3 Å². The molecule has 0 aliphatic heterocycles. The van der Waals surface area contributed by atoms with E-state index in [9.17, 15) is 0 Å². The van der Waals surface area contributed by atoms with Crippen LogP contribution >= 0.6 is 0 Å². The number of aromatic nitrogens is 2. The number of anilines is 2. The van der Waals surface area contributed by atoms with Gasteiger partial charge in [0.15, 0.2) is 0 Å². The van der Waals surface area contributed by atoms with E-state index in [2.05, 4.69) is 34.3 Å². The van der Waals surface area contributed by atoms with Gasteiger partial charge in [0.25, 0.3) is 0 Å². The number of nitrogens with one attached hydrogen (secondary N) is 1. The van der Waals surface area contributed by atoms with Crippen LogP contribution in [0.15, 0.2) is 36.5 Å². The Labute approximate surface area is 100.0 Å². The third kappa shape index (κ3) is 2.79. The lowest BCUT2D eigenvalue weighted by molar-refractivity contribution is 1.11. The highest BCUT2D eigenvalue weighted by atomic mass is 15.0. The van der Waals surface area contributed by atoms with Gasteiger partial charge in [-0.05, 0) is 30.2 Å². The lowest BCUT2D eigenvalue weighted by Crippen LogP contribution is -1.96. The van der Waals surface area contributed by atoms with Crippen molar-refractivity contribution in [1.29, 1.82) is 5.26 Å². The summed E-state index contributed by atoms with van der Waals surface area (Å²) in [5, 5.41) is 11.8. The van der Waals surface area contributed by atoms with Crippen LogP contribution in [0.1, 0.15) is 18.3 Å². The number of hydrogen-bond acceptors (Lipinski definition) is 4. The van der Waals surface area contributed by atoms with Gasteiger partial charge in [-0.25, -0.2) is 9.97 Å². The molecular formula is C13H12N4. The first-order valence-electron chi connectivity index (χ1n) is 5.41. The van der Waals surface area contributed by atoms with E-state index in [1.165, 1.54) is 5.56 Å². The number of nitrogens with zero attached hydrogens (tertiary/aromatic N) is 3. The van der Waals surface area contributed by atoms with Crippen LogP contribution in [0, 0.1) is 11.3 Å². The fraction of sp³-hybridized carbons (Fsp3) is 0.154. The van der Waals surface area contributed by atoms with Crippen molar-refractivity contribution in [3.05, 3.63) is 47.9 Å². The first-order chi connectivity index (χ1) is 8.31. The molecule has 0 saturated carbocycles. The van der Waals surface area contributed by atoms with Gasteiger partial charge in [0.2, 0.25) is 5.82 Å². The van der Waals surface area contributed by atoms with Crippen molar-refractivity contribution in [2.24, 2.45) is 0 Å². The first kappa shape index (κ1) is 11.1. The van der Waals surface area contributed by atoms with Gasteiger partial charge in [-0.2, -0.15) is 5.26 Å². The number of aryl methyl sites for hydroxylation is 1. The maximum absolute atomic E-state index is 8.69. The normalized spacial score (nSPS) is 9.65. The number of rotatable bonds is 3. The quantitative estimate of drug-likeness (QED) is 0.870. The maximum Gasteiger partial charge on any atom is 0.234 e. The zero-order valence-electron chi connectivity index (χ0n) is 9.51. The van der Waals surface area contributed by atoms with E-state index in [-0.39, 0.29) is 5.82 Å². The molecule has 0 fully saturated rings. The Bertz CT molecular complexity index is 540. The molecule has 0 aliphatic rings. The SMILES string of the molecule is CCc1ccc(Nc2ccnc(C#N)n2)cc1. The van der Waals surface area contributed by atoms with Gasteiger partial charge >= 0.3 is 0 Å². The minimum atomic E-state index is 0.167. The predicted molar refractivity (Wildman–Crippen MR) is 65.8 cm³/mol. The molecule has 0 spiro atoms. The molecule has 17 heavy (non-hydrogen) atoms. The minimum absolute atomic E-state index is 0.167. The summed E-state index contributed by atoms with van der Waals surface area (Å²) in [6.07, 6.45) is 2.58. The Morgan fingerprint density at radius 1 is 1.24 bits per heavy atom. The maximum atomic E-state index is 8.69. The average Bonchev–Trinajstić information content (AvgIpc) is 2.40. The fourth-order valence-corrected chi connectivity index (χ4v) is 1.45. The van der Waals surface area contributed by atoms with Crippen molar-refractivity contribution < 1.29 is 0 Å². The van der Waals surface area contributed by atoms with E-state index in [0.717, 1.165) is 12.1 Å². The van der Waals surface area contributed by atoms with Crippen molar-refractivity contribution in [3.63, 3.8) is 0 Å². The van der Waals surface area contributed by atoms with Gasteiger partial charge in [-0.1, -0.05) is 19.1 Å². The van der Waals surface area contributed by atoms with E-state index in [4.69, 9.17) is 5.26 Å². The molecule has 1 aromatic heterocycles. The molecule has 0 bridgehead atoms. The van der Waals surface area contributed by atoms with Crippen LogP contribution < -0.4 is 5.32 Å². The van der Waals surface area contributed by atoms with Crippen LogP contribution in [0.4, 0.5) is 11.5 Å². The standard InChI is InChI=1S/C13H12N4/c1-2-10-3-5-11(6-4-10)16-12-7-8-15-13(9-14)17-12/h3-8H,2H2,1H3,(H,15,16,17). The minimum Gasteiger partial charge on any atom is -0.340 e. The molecule has 1 heterocycles. The van der Waals surface area contributed by atoms with E-state index >= 15 is 0 Å². The van der Waals surface area contributed by atoms with Gasteiger partial charge in [-0.3, -0.25) is 0 Å². The smallest absolute Gasteiger partial charge is 0.234 e. The van der Waals surface area contributed by atoms with E-state index in [1.807, 2.05) is 18.2 Å². The summed E-state index contributed by atoms with van der Waals surface area (Å²) in [6, 6.07) is 11.8. The largest absolute Gasteiger partial charge is 0.340 e. The molecule has 0 amide bonds. The van der Waals surface area contributed by atoms with Crippen molar-refractivity contribution >= 4 is 11.5 Å². The topological polar surface area (TPSA) is 61.6 Å². The summed E-state index contributed by atoms with van der Waals surface area (Å²) in [5.74, 6) is 0.793. The molecule has 84 valence electrons. The highest BCUT2D eigenvalue weighted by Crippen LogP contribution is 2.15. The van der Waals surface area contributed by atoms with Crippen molar-refractivity contribution in [1.82, 2.24) is 9.97 Å². The Morgan fingerprint density at radius 2 is 2.00 bits per heavy atom. The van der Waals surface area contributed by atoms with Gasteiger partial charge in [0.05, 0.1) is 0 Å². The van der Waals surface area contributed by atoms with Gasteiger partial charge < -0.3 is 5.32 Å². The molecule has 0 aliphatic carbocycles. The van der Waals surface area contributed by atoms with E-state index < -0.39 is 0 Å². The van der Waals surface area contributed by atoms with Gasteiger partial charge in [0, 0.05) is 11.9 Å². The monoisotopic (exact) mass is 224 g/mol. The zero-order valence-corrected chi connectivity index (χ0v) is 9.51. The van der Waals surface area contributed by atoms with Crippen molar-refractivity contribution in [3.8, 4) is 6.07 Å². The summed E-state index contributed by atoms with van der Waals surface area (Å²) in [5.41, 5.74) is 2.24. The average molecular weight is 224 g/mol. The lowest BCUT2D eigenvalue weighted by Gasteiger charge is -2.05. The van der Waals surface area contributed by atoms with Gasteiger partial charge in [-0.15, -0.1) is 0 Å². The van der Waals surface area contributed by atoms with Crippen molar-refractivity contribution in [2.75, 3.05) is 5.32 Å². The molecule has 2 rings (SSSR count). The molecule has 0 radical (unpaired) electrons. The van der Waals surface area contributed by atoms with E-state index in [0.29, 0.717) is 5.82 Å². The number of nitriles is 1.